The van der Waals surface area contributed by atoms with Crippen molar-refractivity contribution in [2.45, 2.75) is 6.54 Å². The van der Waals surface area contributed by atoms with Gasteiger partial charge in [0.25, 0.3) is 0 Å². The summed E-state index contributed by atoms with van der Waals surface area (Å²) in [6, 6.07) is 13.7. The van der Waals surface area contributed by atoms with Gasteiger partial charge in [-0.05, 0) is 35.4 Å². The van der Waals surface area contributed by atoms with Crippen LogP contribution < -0.4 is 14.8 Å². The van der Waals surface area contributed by atoms with Gasteiger partial charge in [-0.1, -0.05) is 29.8 Å². The van der Waals surface area contributed by atoms with Gasteiger partial charge in [0, 0.05) is 22.5 Å². The fraction of sp³-hybridized carbons (Fsp3) is 0.100. The van der Waals surface area contributed by atoms with Gasteiger partial charge in [-0.2, -0.15) is 0 Å². The van der Waals surface area contributed by atoms with E-state index in [1.807, 2.05) is 42.5 Å². The first-order valence-electron chi connectivity index (χ1n) is 8.38. The van der Waals surface area contributed by atoms with E-state index in [1.54, 1.807) is 17.7 Å². The maximum Gasteiger partial charge on any atom is 0.231 e. The molecule has 1 aliphatic heterocycles. The standard InChI is InChI=1S/C20H14ClN3O2S/c21-14-4-2-13(3-5-14)15-9-27-20-18(15)19(23-10-24-20)22-8-12-1-6-16-17(7-12)26-11-25-16/h1-7,9-10H,8,11H2,(H,22,23,24). The Bertz CT molecular complexity index is 1130. The molecule has 5 rings (SSSR count). The van der Waals surface area contributed by atoms with Crippen molar-refractivity contribution >= 4 is 39.0 Å². The monoisotopic (exact) mass is 395 g/mol. The van der Waals surface area contributed by atoms with E-state index in [0.717, 1.165) is 49.2 Å². The Labute approximate surface area is 164 Å². The average Bonchev–Trinajstić information content (AvgIpc) is 3.33. The average molecular weight is 396 g/mol. The van der Waals surface area contributed by atoms with E-state index in [4.69, 9.17) is 21.1 Å². The molecule has 0 aliphatic carbocycles. The molecule has 7 heteroatoms. The molecular weight excluding hydrogens is 382 g/mol. The van der Waals surface area contributed by atoms with Gasteiger partial charge in [-0.15, -0.1) is 11.3 Å². The first-order chi connectivity index (χ1) is 13.3. The molecule has 1 N–H and O–H groups in total. The Kier molecular flexibility index (Phi) is 4.07. The molecule has 0 unspecified atom stereocenters. The van der Waals surface area contributed by atoms with Gasteiger partial charge in [0.1, 0.15) is 17.0 Å². The van der Waals surface area contributed by atoms with Gasteiger partial charge in [-0.3, -0.25) is 0 Å². The molecule has 0 amide bonds. The number of ether oxygens (including phenoxy) is 2. The van der Waals surface area contributed by atoms with Crippen LogP contribution in [0.15, 0.2) is 54.2 Å². The van der Waals surface area contributed by atoms with Crippen LogP contribution in [0, 0.1) is 0 Å². The number of thiophene rings is 1. The minimum atomic E-state index is 0.276. The molecule has 0 saturated heterocycles. The maximum absolute atomic E-state index is 6.03. The predicted octanol–water partition coefficient (Wildman–Crippen LogP) is 5.35. The third kappa shape index (κ3) is 3.07. The first kappa shape index (κ1) is 16.4. The summed E-state index contributed by atoms with van der Waals surface area (Å²) in [5.41, 5.74) is 3.28. The second kappa shape index (κ2) is 6.72. The van der Waals surface area contributed by atoms with Crippen LogP contribution in [0.4, 0.5) is 5.82 Å². The summed E-state index contributed by atoms with van der Waals surface area (Å²) >= 11 is 7.63. The number of halogens is 1. The normalized spacial score (nSPS) is 12.5. The van der Waals surface area contributed by atoms with Crippen molar-refractivity contribution < 1.29 is 9.47 Å². The number of rotatable bonds is 4. The lowest BCUT2D eigenvalue weighted by atomic mass is 10.1. The number of benzene rings is 2. The molecule has 0 radical (unpaired) electrons. The molecule has 2 aromatic heterocycles. The molecule has 0 saturated carbocycles. The molecule has 0 bridgehead atoms. The predicted molar refractivity (Wildman–Crippen MR) is 108 cm³/mol. The molecule has 0 atom stereocenters. The highest BCUT2D eigenvalue weighted by Crippen LogP contribution is 2.37. The number of anilines is 1. The molecule has 27 heavy (non-hydrogen) atoms. The van der Waals surface area contributed by atoms with Gasteiger partial charge in [-0.25, -0.2) is 9.97 Å². The van der Waals surface area contributed by atoms with Crippen molar-refractivity contribution in [3.05, 3.63) is 64.8 Å². The quantitative estimate of drug-likeness (QED) is 0.504. The maximum atomic E-state index is 6.03. The number of fused-ring (bicyclic) bond motifs is 2. The summed E-state index contributed by atoms with van der Waals surface area (Å²) in [5.74, 6) is 2.37. The molecular formula is C20H14ClN3O2S. The van der Waals surface area contributed by atoms with E-state index < -0.39 is 0 Å². The van der Waals surface area contributed by atoms with Crippen molar-refractivity contribution in [1.29, 1.82) is 0 Å². The summed E-state index contributed by atoms with van der Waals surface area (Å²) < 4.78 is 10.8. The number of aromatic nitrogens is 2. The van der Waals surface area contributed by atoms with Crippen LogP contribution in [0.3, 0.4) is 0 Å². The van der Waals surface area contributed by atoms with Crippen molar-refractivity contribution in [1.82, 2.24) is 9.97 Å². The Balaban J connectivity index is 1.48. The van der Waals surface area contributed by atoms with Crippen LogP contribution in [-0.4, -0.2) is 16.8 Å². The number of nitrogens with zero attached hydrogens (tertiary/aromatic N) is 2. The SMILES string of the molecule is Clc1ccc(-c2csc3ncnc(NCc4ccc5c(c4)OCO5)c23)cc1. The summed E-state index contributed by atoms with van der Waals surface area (Å²) in [5, 5.41) is 7.28. The molecule has 3 heterocycles. The zero-order chi connectivity index (χ0) is 18.2. The van der Waals surface area contributed by atoms with Gasteiger partial charge in [0.2, 0.25) is 6.79 Å². The summed E-state index contributed by atoms with van der Waals surface area (Å²) in [7, 11) is 0. The van der Waals surface area contributed by atoms with Crippen LogP contribution in [0.2, 0.25) is 5.02 Å². The van der Waals surface area contributed by atoms with Crippen LogP contribution in [0.1, 0.15) is 5.56 Å². The summed E-state index contributed by atoms with van der Waals surface area (Å²) in [6.45, 7) is 0.900. The van der Waals surface area contributed by atoms with Crippen molar-refractivity contribution in [3.8, 4) is 22.6 Å². The van der Waals surface area contributed by atoms with Crippen molar-refractivity contribution in [3.63, 3.8) is 0 Å². The Morgan fingerprint density at radius 2 is 1.89 bits per heavy atom. The highest BCUT2D eigenvalue weighted by molar-refractivity contribution is 7.17. The van der Waals surface area contributed by atoms with E-state index in [1.165, 1.54) is 0 Å². The minimum Gasteiger partial charge on any atom is -0.454 e. The summed E-state index contributed by atoms with van der Waals surface area (Å²) in [4.78, 5) is 9.83. The van der Waals surface area contributed by atoms with Gasteiger partial charge in [0.15, 0.2) is 11.5 Å². The van der Waals surface area contributed by atoms with Crippen LogP contribution in [0.5, 0.6) is 11.5 Å². The zero-order valence-electron chi connectivity index (χ0n) is 14.1. The zero-order valence-corrected chi connectivity index (χ0v) is 15.7. The Morgan fingerprint density at radius 1 is 1.04 bits per heavy atom. The molecule has 4 aromatic rings. The molecule has 5 nitrogen and oxygen atoms in total. The lowest BCUT2D eigenvalue weighted by molar-refractivity contribution is 0.174. The second-order valence-electron chi connectivity index (χ2n) is 6.10. The molecule has 0 spiro atoms. The summed E-state index contributed by atoms with van der Waals surface area (Å²) in [6.07, 6.45) is 1.59. The largest absolute Gasteiger partial charge is 0.454 e. The molecule has 134 valence electrons. The van der Waals surface area contributed by atoms with E-state index in [0.29, 0.717) is 6.54 Å². The van der Waals surface area contributed by atoms with Gasteiger partial charge < -0.3 is 14.8 Å². The van der Waals surface area contributed by atoms with Crippen molar-refractivity contribution in [2.75, 3.05) is 12.1 Å². The van der Waals surface area contributed by atoms with Crippen LogP contribution in [0.25, 0.3) is 21.3 Å². The lowest BCUT2D eigenvalue weighted by Gasteiger charge is -2.09. The van der Waals surface area contributed by atoms with Crippen LogP contribution in [-0.2, 0) is 6.54 Å². The van der Waals surface area contributed by atoms with Gasteiger partial charge in [0.05, 0.1) is 5.39 Å². The third-order valence-corrected chi connectivity index (χ3v) is 5.56. The van der Waals surface area contributed by atoms with Gasteiger partial charge >= 0.3 is 0 Å². The number of hydrogen-bond acceptors (Lipinski definition) is 6. The first-order valence-corrected chi connectivity index (χ1v) is 9.64. The Morgan fingerprint density at radius 3 is 2.78 bits per heavy atom. The lowest BCUT2D eigenvalue weighted by Crippen LogP contribution is -2.02. The second-order valence-corrected chi connectivity index (χ2v) is 7.39. The highest BCUT2D eigenvalue weighted by atomic mass is 35.5. The highest BCUT2D eigenvalue weighted by Gasteiger charge is 2.15. The van der Waals surface area contributed by atoms with Crippen LogP contribution >= 0.6 is 22.9 Å². The van der Waals surface area contributed by atoms with E-state index in [-0.39, 0.29) is 6.79 Å². The molecule has 2 aromatic carbocycles. The third-order valence-electron chi connectivity index (χ3n) is 4.42. The van der Waals surface area contributed by atoms with Crippen molar-refractivity contribution in [2.24, 2.45) is 0 Å². The Hall–Kier alpha value is -2.83. The molecule has 1 aliphatic rings. The number of nitrogens with one attached hydrogen (secondary N) is 1. The van der Waals surface area contributed by atoms with E-state index in [2.05, 4.69) is 20.7 Å². The van der Waals surface area contributed by atoms with E-state index >= 15 is 0 Å². The topological polar surface area (TPSA) is 56.3 Å². The molecule has 0 fully saturated rings. The minimum absolute atomic E-state index is 0.276. The number of hydrogen-bond donors (Lipinski definition) is 1. The fourth-order valence-electron chi connectivity index (χ4n) is 3.09. The fourth-order valence-corrected chi connectivity index (χ4v) is 4.13. The van der Waals surface area contributed by atoms with E-state index in [9.17, 15) is 0 Å². The smallest absolute Gasteiger partial charge is 0.231 e.